The molecule has 0 fully saturated rings. The molecular weight excluding hydrogens is 287 g/mol. The number of nitrogens with one attached hydrogen (secondary N) is 2. The first kappa shape index (κ1) is 11.9. The molecule has 0 amide bonds. The number of nitrogen functional groups attached to an aromatic ring is 1. The average molecular weight is 299 g/mol. The zero-order valence-corrected chi connectivity index (χ0v) is 10.8. The molecule has 4 N–H and O–H groups in total. The molecule has 1 aromatic heterocycles. The number of benzene rings is 1. The number of nitrogens with two attached hydrogens (primary N) is 1. The largest absolute Gasteiger partial charge is 0.382 e. The Morgan fingerprint density at radius 1 is 1.53 bits per heavy atom. The molecule has 0 atom stereocenters. The molecular formula is C11H12BrFN4. The van der Waals surface area contributed by atoms with Gasteiger partial charge in [-0.15, -0.1) is 0 Å². The van der Waals surface area contributed by atoms with Crippen LogP contribution in [-0.2, 0) is 6.54 Å². The molecule has 0 radical (unpaired) electrons. The number of aromatic nitrogens is 2. The minimum absolute atomic E-state index is 0.258. The second-order valence-corrected chi connectivity index (χ2v) is 4.59. The van der Waals surface area contributed by atoms with Crippen LogP contribution in [0.15, 0.2) is 22.7 Å². The summed E-state index contributed by atoms with van der Waals surface area (Å²) in [7, 11) is 0. The summed E-state index contributed by atoms with van der Waals surface area (Å²) < 4.78 is 14.3. The highest BCUT2D eigenvalue weighted by Crippen LogP contribution is 2.19. The Labute approximate surface area is 107 Å². The number of rotatable bonds is 3. The van der Waals surface area contributed by atoms with Gasteiger partial charge >= 0.3 is 0 Å². The molecule has 6 heteroatoms. The number of halogens is 2. The van der Waals surface area contributed by atoms with Gasteiger partial charge in [-0.3, -0.25) is 0 Å². The number of anilines is 2. The van der Waals surface area contributed by atoms with Gasteiger partial charge in [0, 0.05) is 16.6 Å². The Morgan fingerprint density at radius 3 is 2.94 bits per heavy atom. The highest BCUT2D eigenvalue weighted by atomic mass is 79.9. The monoisotopic (exact) mass is 298 g/mol. The van der Waals surface area contributed by atoms with Crippen molar-refractivity contribution in [3.05, 3.63) is 39.9 Å². The van der Waals surface area contributed by atoms with Crippen LogP contribution in [0.1, 0.15) is 11.4 Å². The maximum absolute atomic E-state index is 13.5. The summed E-state index contributed by atoms with van der Waals surface area (Å²) in [6, 6.07) is 4.80. The predicted octanol–water partition coefficient (Wildman–Crippen LogP) is 2.81. The van der Waals surface area contributed by atoms with Crippen LogP contribution in [0.4, 0.5) is 16.0 Å². The topological polar surface area (TPSA) is 66.7 Å². The first-order valence-corrected chi connectivity index (χ1v) is 5.85. The van der Waals surface area contributed by atoms with E-state index in [4.69, 9.17) is 5.73 Å². The van der Waals surface area contributed by atoms with E-state index < -0.39 is 0 Å². The molecule has 0 spiro atoms. The molecule has 0 saturated carbocycles. The van der Waals surface area contributed by atoms with E-state index in [0.29, 0.717) is 23.7 Å². The van der Waals surface area contributed by atoms with Crippen molar-refractivity contribution >= 4 is 27.6 Å². The summed E-state index contributed by atoms with van der Waals surface area (Å²) in [5.41, 5.74) is 6.24. The molecule has 90 valence electrons. The minimum atomic E-state index is -0.258. The Balaban J connectivity index is 2.12. The van der Waals surface area contributed by atoms with Crippen molar-refractivity contribution in [3.8, 4) is 0 Å². The highest BCUT2D eigenvalue weighted by molar-refractivity contribution is 9.10. The summed E-state index contributed by atoms with van der Waals surface area (Å²) in [5.74, 6) is 1.46. The molecule has 0 aliphatic carbocycles. The number of imidazole rings is 1. The van der Waals surface area contributed by atoms with Crippen LogP contribution in [0.25, 0.3) is 0 Å². The third-order valence-electron chi connectivity index (χ3n) is 2.30. The van der Waals surface area contributed by atoms with Gasteiger partial charge in [-0.25, -0.2) is 9.37 Å². The van der Waals surface area contributed by atoms with Crippen LogP contribution < -0.4 is 11.1 Å². The lowest BCUT2D eigenvalue weighted by Crippen LogP contribution is -2.04. The van der Waals surface area contributed by atoms with Gasteiger partial charge in [0.1, 0.15) is 17.5 Å². The Hall–Kier alpha value is -1.56. The molecule has 17 heavy (non-hydrogen) atoms. The summed E-state index contributed by atoms with van der Waals surface area (Å²) in [4.78, 5) is 7.02. The van der Waals surface area contributed by atoms with E-state index in [1.54, 1.807) is 19.1 Å². The van der Waals surface area contributed by atoms with E-state index in [0.717, 1.165) is 10.3 Å². The van der Waals surface area contributed by atoms with Crippen LogP contribution in [0.5, 0.6) is 0 Å². The fourth-order valence-electron chi connectivity index (χ4n) is 1.50. The number of hydrogen-bond acceptors (Lipinski definition) is 3. The Bertz CT molecular complexity index is 538. The van der Waals surface area contributed by atoms with Crippen LogP contribution in [0.3, 0.4) is 0 Å². The zero-order valence-electron chi connectivity index (χ0n) is 9.22. The Kier molecular flexibility index (Phi) is 3.33. The first-order valence-electron chi connectivity index (χ1n) is 5.06. The number of nitrogens with zero attached hydrogens (tertiary/aromatic N) is 1. The Morgan fingerprint density at radius 2 is 2.29 bits per heavy atom. The summed E-state index contributed by atoms with van der Waals surface area (Å²) in [5, 5.41) is 2.99. The summed E-state index contributed by atoms with van der Waals surface area (Å²) in [6.07, 6.45) is 0. The molecule has 2 rings (SSSR count). The second kappa shape index (κ2) is 4.75. The van der Waals surface area contributed by atoms with Crippen LogP contribution in [0.2, 0.25) is 0 Å². The van der Waals surface area contributed by atoms with Gasteiger partial charge in [0.2, 0.25) is 0 Å². The van der Waals surface area contributed by atoms with Gasteiger partial charge in [0.15, 0.2) is 5.82 Å². The summed E-state index contributed by atoms with van der Waals surface area (Å²) in [6.45, 7) is 2.14. The molecule has 0 bridgehead atoms. The van der Waals surface area contributed by atoms with Crippen molar-refractivity contribution in [1.29, 1.82) is 0 Å². The third-order valence-corrected chi connectivity index (χ3v) is 2.80. The zero-order chi connectivity index (χ0) is 12.4. The number of aromatic amines is 1. The molecule has 0 saturated heterocycles. The van der Waals surface area contributed by atoms with Crippen molar-refractivity contribution < 1.29 is 4.39 Å². The standard InChI is InChI=1S/C11H12BrFN4/c1-6-16-10(14)11(17-6)15-5-7-4-8(12)2-3-9(7)13/h2-4,15H,5,14H2,1H3,(H,16,17). The fourth-order valence-corrected chi connectivity index (χ4v) is 1.91. The van der Waals surface area contributed by atoms with E-state index in [-0.39, 0.29) is 5.82 Å². The summed E-state index contributed by atoms with van der Waals surface area (Å²) >= 11 is 3.30. The van der Waals surface area contributed by atoms with E-state index >= 15 is 0 Å². The van der Waals surface area contributed by atoms with Crippen LogP contribution in [-0.4, -0.2) is 9.97 Å². The predicted molar refractivity (Wildman–Crippen MR) is 69.2 cm³/mol. The van der Waals surface area contributed by atoms with E-state index in [1.807, 2.05) is 0 Å². The number of hydrogen-bond donors (Lipinski definition) is 3. The fraction of sp³-hybridized carbons (Fsp3) is 0.182. The SMILES string of the molecule is Cc1nc(NCc2cc(Br)ccc2F)c(N)[nH]1. The maximum atomic E-state index is 13.5. The third kappa shape index (κ3) is 2.76. The average Bonchev–Trinajstić information content (AvgIpc) is 2.59. The molecule has 1 aromatic carbocycles. The molecule has 0 unspecified atom stereocenters. The van der Waals surface area contributed by atoms with Gasteiger partial charge in [-0.05, 0) is 25.1 Å². The lowest BCUT2D eigenvalue weighted by molar-refractivity contribution is 0.612. The van der Waals surface area contributed by atoms with E-state index in [2.05, 4.69) is 31.2 Å². The lowest BCUT2D eigenvalue weighted by atomic mass is 10.2. The molecule has 0 aliphatic heterocycles. The molecule has 2 aromatic rings. The van der Waals surface area contributed by atoms with Gasteiger partial charge in [0.05, 0.1) is 0 Å². The van der Waals surface area contributed by atoms with Crippen molar-refractivity contribution in [2.75, 3.05) is 11.1 Å². The van der Waals surface area contributed by atoms with E-state index in [1.165, 1.54) is 6.07 Å². The molecule has 4 nitrogen and oxygen atoms in total. The van der Waals surface area contributed by atoms with Crippen molar-refractivity contribution in [2.45, 2.75) is 13.5 Å². The van der Waals surface area contributed by atoms with Gasteiger partial charge in [0.25, 0.3) is 0 Å². The van der Waals surface area contributed by atoms with E-state index in [9.17, 15) is 4.39 Å². The first-order chi connectivity index (χ1) is 8.06. The van der Waals surface area contributed by atoms with Crippen LogP contribution >= 0.6 is 15.9 Å². The second-order valence-electron chi connectivity index (χ2n) is 3.67. The van der Waals surface area contributed by atoms with Crippen molar-refractivity contribution in [3.63, 3.8) is 0 Å². The van der Waals surface area contributed by atoms with Crippen LogP contribution in [0, 0.1) is 12.7 Å². The molecule has 1 heterocycles. The lowest BCUT2D eigenvalue weighted by Gasteiger charge is -2.06. The van der Waals surface area contributed by atoms with Gasteiger partial charge < -0.3 is 16.0 Å². The minimum Gasteiger partial charge on any atom is -0.382 e. The number of aryl methyl sites for hydroxylation is 1. The van der Waals surface area contributed by atoms with Gasteiger partial charge in [-0.2, -0.15) is 0 Å². The maximum Gasteiger partial charge on any atom is 0.169 e. The normalized spacial score (nSPS) is 10.5. The van der Waals surface area contributed by atoms with Crippen molar-refractivity contribution in [1.82, 2.24) is 9.97 Å². The molecule has 0 aliphatic rings. The quantitative estimate of drug-likeness (QED) is 0.816. The smallest absolute Gasteiger partial charge is 0.169 e. The van der Waals surface area contributed by atoms with Gasteiger partial charge in [-0.1, -0.05) is 15.9 Å². The highest BCUT2D eigenvalue weighted by Gasteiger charge is 2.06. The number of H-pyrrole nitrogens is 1. The van der Waals surface area contributed by atoms with Crippen molar-refractivity contribution in [2.24, 2.45) is 0 Å².